The van der Waals surface area contributed by atoms with Gasteiger partial charge in [-0.15, -0.1) is 0 Å². The van der Waals surface area contributed by atoms with Crippen LogP contribution in [0, 0.1) is 0 Å². The van der Waals surface area contributed by atoms with Gasteiger partial charge in [0.15, 0.2) is 0 Å². The molecule has 178 valence electrons. The summed E-state index contributed by atoms with van der Waals surface area (Å²) in [5.41, 5.74) is 4.83. The van der Waals surface area contributed by atoms with Crippen LogP contribution >= 0.6 is 0 Å². The quantitative estimate of drug-likeness (QED) is 0.350. The van der Waals surface area contributed by atoms with Crippen LogP contribution in [-0.4, -0.2) is 39.0 Å². The number of fused-ring (bicyclic) bond motifs is 1. The maximum absolute atomic E-state index is 13.8. The molecular formula is C29H31N4O2+. The number of anilines is 1. The predicted octanol–water partition coefficient (Wildman–Crippen LogP) is 5.84. The van der Waals surface area contributed by atoms with Crippen molar-refractivity contribution in [1.29, 1.82) is 0 Å². The summed E-state index contributed by atoms with van der Waals surface area (Å²) in [4.78, 5) is 35.3. The topological polar surface area (TPSA) is 74.8 Å². The molecule has 1 aliphatic rings. The number of H-pyrrole nitrogens is 1. The number of rotatable bonds is 6. The highest BCUT2D eigenvalue weighted by Crippen LogP contribution is 2.31. The molecule has 2 heterocycles. The van der Waals surface area contributed by atoms with Crippen LogP contribution in [0.2, 0.25) is 0 Å². The van der Waals surface area contributed by atoms with Crippen LogP contribution in [0.4, 0.5) is 10.5 Å². The van der Waals surface area contributed by atoms with Crippen LogP contribution in [-0.2, 0) is 17.6 Å². The van der Waals surface area contributed by atoms with Gasteiger partial charge >= 0.3 is 11.9 Å². The number of amides is 3. The number of hydrogen-bond donors (Lipinski definition) is 2. The van der Waals surface area contributed by atoms with Gasteiger partial charge in [-0.25, -0.2) is 14.6 Å². The Bertz CT molecular complexity index is 1310. The van der Waals surface area contributed by atoms with E-state index in [0.717, 1.165) is 41.0 Å². The molecule has 1 aromatic heterocycles. The molecule has 6 nitrogen and oxygen atoms in total. The van der Waals surface area contributed by atoms with Crippen molar-refractivity contribution >= 4 is 28.7 Å². The monoisotopic (exact) mass is 467 g/mol. The summed E-state index contributed by atoms with van der Waals surface area (Å²) >= 11 is 0. The molecule has 5 rings (SSSR count). The van der Waals surface area contributed by atoms with Gasteiger partial charge in [-0.05, 0) is 42.7 Å². The van der Waals surface area contributed by atoms with Crippen molar-refractivity contribution in [3.63, 3.8) is 0 Å². The number of aryl methyl sites for hydroxylation is 1. The minimum Gasteiger partial charge on any atom is -0.342 e. The van der Waals surface area contributed by atoms with Crippen molar-refractivity contribution in [3.8, 4) is 0 Å². The molecule has 1 saturated heterocycles. The number of carbonyl (C=O) groups excluding carboxylic acids is 2. The highest BCUT2D eigenvalue weighted by Gasteiger charge is 2.52. The molecule has 3 amide bonds. The lowest BCUT2D eigenvalue weighted by Crippen LogP contribution is -2.60. The van der Waals surface area contributed by atoms with Crippen LogP contribution in [0.3, 0.4) is 0 Å². The molecular weight excluding hydrogens is 436 g/mol. The van der Waals surface area contributed by atoms with Crippen LogP contribution in [0.25, 0.3) is 11.0 Å². The maximum atomic E-state index is 13.8. The molecule has 1 unspecified atom stereocenters. The summed E-state index contributed by atoms with van der Waals surface area (Å²) in [7, 11) is 0. The summed E-state index contributed by atoms with van der Waals surface area (Å²) in [5, 5.41) is 3.13. The van der Waals surface area contributed by atoms with Gasteiger partial charge in [0, 0.05) is 24.9 Å². The van der Waals surface area contributed by atoms with E-state index in [9.17, 15) is 9.59 Å². The Balaban J connectivity index is 1.34. The summed E-state index contributed by atoms with van der Waals surface area (Å²) in [5.74, 6) is 0.728. The number of hydrogen-bond acceptors (Lipinski definition) is 3. The van der Waals surface area contributed by atoms with Crippen molar-refractivity contribution in [2.24, 2.45) is 0 Å². The first-order valence-electron chi connectivity index (χ1n) is 12.3. The van der Waals surface area contributed by atoms with E-state index >= 15 is 0 Å². The molecule has 2 N–H and O–H groups in total. The lowest BCUT2D eigenvalue weighted by molar-refractivity contribution is -0.782. The molecule has 0 aliphatic carbocycles. The van der Waals surface area contributed by atoms with Crippen LogP contribution in [0.5, 0.6) is 0 Å². The van der Waals surface area contributed by atoms with E-state index in [1.54, 1.807) is 0 Å². The molecule has 3 aromatic carbocycles. The highest BCUT2D eigenvalue weighted by molar-refractivity contribution is 5.93. The number of likely N-dealkylation sites (tertiary alicyclic amines) is 1. The Hall–Kier alpha value is -3.77. The first kappa shape index (κ1) is 23.0. The zero-order valence-corrected chi connectivity index (χ0v) is 20.0. The van der Waals surface area contributed by atoms with Gasteiger partial charge in [-0.1, -0.05) is 60.7 Å². The SMILES string of the molecule is C[C@@H]1CCC[N+]1(C(=O)CCc1nc2ccccc2[nH]1)C(=O)Nc1ccccc1Cc1ccccc1. The van der Waals surface area contributed by atoms with E-state index in [1.165, 1.54) is 5.56 Å². The van der Waals surface area contributed by atoms with Gasteiger partial charge in [0.25, 0.3) is 0 Å². The first-order chi connectivity index (χ1) is 17.1. The third-order valence-electron chi connectivity index (χ3n) is 7.20. The molecule has 0 spiro atoms. The van der Waals surface area contributed by atoms with E-state index in [-0.39, 0.29) is 28.9 Å². The van der Waals surface area contributed by atoms with Gasteiger partial charge < -0.3 is 4.98 Å². The van der Waals surface area contributed by atoms with Crippen LogP contribution in [0.15, 0.2) is 78.9 Å². The number of para-hydroxylation sites is 3. The molecule has 1 aliphatic heterocycles. The average molecular weight is 468 g/mol. The van der Waals surface area contributed by atoms with Crippen LogP contribution in [0.1, 0.15) is 43.1 Å². The van der Waals surface area contributed by atoms with E-state index in [4.69, 9.17) is 0 Å². The number of nitrogens with one attached hydrogen (secondary N) is 2. The van der Waals surface area contributed by atoms with Crippen molar-refractivity contribution < 1.29 is 14.1 Å². The molecule has 35 heavy (non-hydrogen) atoms. The molecule has 1 fully saturated rings. The fourth-order valence-electron chi connectivity index (χ4n) is 5.24. The molecule has 6 heteroatoms. The summed E-state index contributed by atoms with van der Waals surface area (Å²) in [6.45, 7) is 2.55. The molecule has 0 saturated carbocycles. The smallest absolute Gasteiger partial charge is 0.342 e. The Morgan fingerprint density at radius 1 is 1.00 bits per heavy atom. The number of imide groups is 1. The van der Waals surface area contributed by atoms with Gasteiger partial charge in [-0.2, -0.15) is 4.48 Å². The maximum Gasteiger partial charge on any atom is 0.428 e. The largest absolute Gasteiger partial charge is 0.428 e. The molecule has 2 atom stereocenters. The van der Waals surface area contributed by atoms with Crippen molar-refractivity contribution in [2.45, 2.75) is 45.1 Å². The zero-order chi connectivity index (χ0) is 24.3. The molecule has 0 radical (unpaired) electrons. The highest BCUT2D eigenvalue weighted by atomic mass is 16.2. The number of aromatic nitrogens is 2. The normalized spacial score (nSPS) is 19.6. The number of imidazole rings is 1. The van der Waals surface area contributed by atoms with Gasteiger partial charge in [0.2, 0.25) is 0 Å². The Morgan fingerprint density at radius 2 is 1.74 bits per heavy atom. The summed E-state index contributed by atoms with van der Waals surface area (Å²) in [6, 6.07) is 25.6. The second-order valence-electron chi connectivity index (χ2n) is 9.43. The van der Waals surface area contributed by atoms with Crippen LogP contribution < -0.4 is 5.32 Å². The van der Waals surface area contributed by atoms with E-state index in [2.05, 4.69) is 27.4 Å². The molecule has 4 aromatic rings. The van der Waals surface area contributed by atoms with Gasteiger partial charge in [0.05, 0.1) is 24.0 Å². The Labute approximate surface area is 205 Å². The number of benzene rings is 3. The minimum atomic E-state index is -0.231. The average Bonchev–Trinajstić information content (AvgIpc) is 3.48. The Kier molecular flexibility index (Phi) is 6.47. The first-order valence-corrected chi connectivity index (χ1v) is 12.3. The van der Waals surface area contributed by atoms with Crippen molar-refractivity contribution in [1.82, 2.24) is 9.97 Å². The fourth-order valence-corrected chi connectivity index (χ4v) is 5.24. The van der Waals surface area contributed by atoms with Crippen molar-refractivity contribution in [2.75, 3.05) is 11.9 Å². The molecule has 0 bridgehead atoms. The second kappa shape index (κ2) is 9.84. The van der Waals surface area contributed by atoms with Crippen molar-refractivity contribution in [3.05, 3.63) is 95.8 Å². The Morgan fingerprint density at radius 3 is 2.51 bits per heavy atom. The number of quaternary nitrogens is 1. The summed E-state index contributed by atoms with van der Waals surface area (Å²) < 4.78 is -0.153. The number of urea groups is 1. The van der Waals surface area contributed by atoms with E-state index < -0.39 is 0 Å². The fraction of sp³-hybridized carbons (Fsp3) is 0.276. The lowest BCUT2D eigenvalue weighted by atomic mass is 10.0. The number of nitrogens with zero attached hydrogens (tertiary/aromatic N) is 2. The third-order valence-corrected chi connectivity index (χ3v) is 7.20. The van der Waals surface area contributed by atoms with Gasteiger partial charge in [-0.3, -0.25) is 5.32 Å². The third kappa shape index (κ3) is 4.62. The minimum absolute atomic E-state index is 0.0477. The second-order valence-corrected chi connectivity index (χ2v) is 9.43. The number of carbonyl (C=O) groups is 2. The standard InChI is InChI=1S/C29H30N4O2/c1-21-10-9-19-33(21,28(34)18-17-27-30-25-15-7-8-16-26(25)31-27)29(35)32-24-14-6-5-13-23(24)20-22-11-3-2-4-12-22/h2-8,11-16,21H,9-10,17-20H2,1H3,(H-,30,31,32,35)/p+1/t21-,33?/m1/s1. The number of aromatic amines is 1. The zero-order valence-electron chi connectivity index (χ0n) is 20.0. The summed E-state index contributed by atoms with van der Waals surface area (Å²) in [6.07, 6.45) is 3.18. The van der Waals surface area contributed by atoms with Gasteiger partial charge in [0.1, 0.15) is 11.9 Å². The van der Waals surface area contributed by atoms with E-state index in [0.29, 0.717) is 19.4 Å². The van der Waals surface area contributed by atoms with E-state index in [1.807, 2.05) is 73.7 Å². The predicted molar refractivity (Wildman–Crippen MR) is 138 cm³/mol. The lowest BCUT2D eigenvalue weighted by Gasteiger charge is -2.33.